The number of hydrogen-bond acceptors (Lipinski definition) is 6. The summed E-state index contributed by atoms with van der Waals surface area (Å²) < 4.78 is 12.1. The quantitative estimate of drug-likeness (QED) is 0.495. The van der Waals surface area contributed by atoms with Gasteiger partial charge in [-0.05, 0) is 39.0 Å². The predicted molar refractivity (Wildman–Crippen MR) is 126 cm³/mol. The summed E-state index contributed by atoms with van der Waals surface area (Å²) in [4.78, 5) is 44.4. The SMILES string of the molecule is CC(C)(C)CC(C)(C)N1CC=C[C@]23O[C@]4(C)C=CCCOC(=O)[C@@H]4[C@H]2C(=O)N(CCO)C3C1=O. The molecule has 4 aliphatic rings. The first-order valence-electron chi connectivity index (χ1n) is 12.2. The van der Waals surface area contributed by atoms with Crippen LogP contribution in [0.1, 0.15) is 54.4 Å². The van der Waals surface area contributed by atoms with Crippen molar-refractivity contribution in [3.05, 3.63) is 24.3 Å². The molecule has 2 saturated heterocycles. The molecule has 8 nitrogen and oxygen atoms in total. The monoisotopic (exact) mass is 474 g/mol. The number of aliphatic hydroxyl groups is 1. The van der Waals surface area contributed by atoms with Gasteiger partial charge >= 0.3 is 5.97 Å². The molecule has 0 aromatic carbocycles. The predicted octanol–water partition coefficient (Wildman–Crippen LogP) is 2.07. The zero-order chi connectivity index (χ0) is 25.1. The number of rotatable bonds is 4. The molecule has 0 aromatic rings. The maximum absolute atomic E-state index is 14.3. The van der Waals surface area contributed by atoms with Crippen LogP contribution in [0.15, 0.2) is 24.3 Å². The second-order valence-corrected chi connectivity index (χ2v) is 12.0. The number of nitrogens with zero attached hydrogens (tertiary/aromatic N) is 2. The summed E-state index contributed by atoms with van der Waals surface area (Å²) in [5.41, 5.74) is -2.90. The van der Waals surface area contributed by atoms with Crippen LogP contribution in [0.4, 0.5) is 0 Å². The molecule has 0 aliphatic carbocycles. The van der Waals surface area contributed by atoms with Gasteiger partial charge in [-0.15, -0.1) is 0 Å². The van der Waals surface area contributed by atoms with Crippen molar-refractivity contribution in [1.29, 1.82) is 0 Å². The molecule has 5 atom stereocenters. The highest BCUT2D eigenvalue weighted by Gasteiger charge is 2.74. The van der Waals surface area contributed by atoms with Gasteiger partial charge in [0.15, 0.2) is 0 Å². The number of esters is 1. The summed E-state index contributed by atoms with van der Waals surface area (Å²) in [5.74, 6) is -2.85. The van der Waals surface area contributed by atoms with E-state index in [1.807, 2.05) is 43.1 Å². The largest absolute Gasteiger partial charge is 0.465 e. The number of hydrogen-bond donors (Lipinski definition) is 1. The Morgan fingerprint density at radius 1 is 1.06 bits per heavy atom. The lowest BCUT2D eigenvalue weighted by Gasteiger charge is -2.44. The fourth-order valence-corrected chi connectivity index (χ4v) is 6.77. The number of carbonyl (C=O) groups is 3. The van der Waals surface area contributed by atoms with Gasteiger partial charge in [-0.25, -0.2) is 0 Å². The second-order valence-electron chi connectivity index (χ2n) is 12.0. The van der Waals surface area contributed by atoms with E-state index in [2.05, 4.69) is 20.8 Å². The maximum atomic E-state index is 14.3. The zero-order valence-corrected chi connectivity index (χ0v) is 21.2. The Labute approximate surface area is 201 Å². The number of cyclic esters (lactones) is 1. The number of amides is 2. The first-order valence-corrected chi connectivity index (χ1v) is 12.2. The topological polar surface area (TPSA) is 96.4 Å². The number of carbonyl (C=O) groups excluding carboxylic acids is 3. The third-order valence-corrected chi connectivity index (χ3v) is 7.55. The van der Waals surface area contributed by atoms with E-state index in [9.17, 15) is 19.5 Å². The van der Waals surface area contributed by atoms with Crippen LogP contribution in [0.3, 0.4) is 0 Å². The molecule has 0 aromatic heterocycles. The summed E-state index contributed by atoms with van der Waals surface area (Å²) in [7, 11) is 0. The van der Waals surface area contributed by atoms with Gasteiger partial charge in [-0.1, -0.05) is 45.1 Å². The first-order chi connectivity index (χ1) is 15.8. The Bertz CT molecular complexity index is 934. The van der Waals surface area contributed by atoms with Gasteiger partial charge in [0.2, 0.25) is 11.8 Å². The lowest BCUT2D eigenvalue weighted by Crippen LogP contribution is -2.60. The van der Waals surface area contributed by atoms with Gasteiger partial charge in [-0.3, -0.25) is 14.4 Å². The molecule has 0 saturated carbocycles. The first kappa shape index (κ1) is 24.9. The van der Waals surface area contributed by atoms with Crippen LogP contribution < -0.4 is 0 Å². The van der Waals surface area contributed by atoms with Crippen LogP contribution in [0.5, 0.6) is 0 Å². The van der Waals surface area contributed by atoms with Crippen molar-refractivity contribution in [3.63, 3.8) is 0 Å². The molecule has 2 fully saturated rings. The molecule has 188 valence electrons. The Hall–Kier alpha value is -2.19. The van der Waals surface area contributed by atoms with Gasteiger partial charge in [0.25, 0.3) is 0 Å². The minimum absolute atomic E-state index is 0.00739. The highest BCUT2D eigenvalue weighted by atomic mass is 16.6. The summed E-state index contributed by atoms with van der Waals surface area (Å²) in [5, 5.41) is 9.77. The van der Waals surface area contributed by atoms with Crippen LogP contribution in [0.2, 0.25) is 0 Å². The highest BCUT2D eigenvalue weighted by Crippen LogP contribution is 2.57. The van der Waals surface area contributed by atoms with E-state index in [-0.39, 0.29) is 37.0 Å². The van der Waals surface area contributed by atoms with Gasteiger partial charge < -0.3 is 24.4 Å². The fraction of sp³-hybridized carbons (Fsp3) is 0.731. The molecule has 1 spiro atoms. The van der Waals surface area contributed by atoms with E-state index in [0.717, 1.165) is 6.42 Å². The standard InChI is InChI=1S/C26H38N2O6/c1-23(2,3)16-24(4,5)28-12-9-11-26-17(20(30)27(13-14-29)19(26)21(28)31)18-22(32)33-15-8-7-10-25(18,6)34-26/h7,9-11,17-19,29H,8,12-16H2,1-6H3/t17-,18-,19?,25+,26-/m0/s1. The molecule has 34 heavy (non-hydrogen) atoms. The fourth-order valence-electron chi connectivity index (χ4n) is 6.77. The van der Waals surface area contributed by atoms with Crippen molar-refractivity contribution in [2.75, 3.05) is 26.3 Å². The van der Waals surface area contributed by atoms with Crippen LogP contribution >= 0.6 is 0 Å². The van der Waals surface area contributed by atoms with E-state index in [1.165, 1.54) is 4.90 Å². The molecule has 4 rings (SSSR count). The van der Waals surface area contributed by atoms with Crippen molar-refractivity contribution in [1.82, 2.24) is 9.80 Å². The molecule has 0 radical (unpaired) electrons. The van der Waals surface area contributed by atoms with Gasteiger partial charge in [0, 0.05) is 18.6 Å². The highest BCUT2D eigenvalue weighted by molar-refractivity contribution is 5.99. The lowest BCUT2D eigenvalue weighted by molar-refractivity contribution is -0.161. The number of fused-ring (bicyclic) bond motifs is 2. The third-order valence-electron chi connectivity index (χ3n) is 7.55. The minimum atomic E-state index is -1.32. The number of β-amino-alcohol motifs (C(OH)–C–C–N with tert-alkyl or cyclic N) is 1. The van der Waals surface area contributed by atoms with Crippen molar-refractivity contribution < 1.29 is 29.0 Å². The van der Waals surface area contributed by atoms with E-state index >= 15 is 0 Å². The second kappa shape index (κ2) is 8.19. The average molecular weight is 475 g/mol. The van der Waals surface area contributed by atoms with Crippen molar-refractivity contribution in [3.8, 4) is 0 Å². The zero-order valence-electron chi connectivity index (χ0n) is 21.2. The molecule has 1 N–H and O–H groups in total. The van der Waals surface area contributed by atoms with Gasteiger partial charge in [0.1, 0.15) is 17.6 Å². The summed E-state index contributed by atoms with van der Waals surface area (Å²) >= 11 is 0. The smallest absolute Gasteiger partial charge is 0.313 e. The van der Waals surface area contributed by atoms with Crippen molar-refractivity contribution in [2.24, 2.45) is 17.3 Å². The molecule has 4 heterocycles. The van der Waals surface area contributed by atoms with Gasteiger partial charge in [-0.2, -0.15) is 0 Å². The van der Waals surface area contributed by atoms with Crippen LogP contribution in [0, 0.1) is 17.3 Å². The average Bonchev–Trinajstić information content (AvgIpc) is 2.99. The molecular formula is C26H38N2O6. The number of ether oxygens (including phenoxy) is 2. The number of aliphatic hydroxyl groups excluding tert-OH is 1. The summed E-state index contributed by atoms with van der Waals surface area (Å²) in [6.07, 6.45) is 8.78. The van der Waals surface area contributed by atoms with Crippen LogP contribution in [-0.2, 0) is 23.9 Å². The summed E-state index contributed by atoms with van der Waals surface area (Å²) in [6.45, 7) is 12.6. The molecule has 1 unspecified atom stereocenters. The molecule has 0 bridgehead atoms. The Kier molecular flexibility index (Phi) is 6.00. The summed E-state index contributed by atoms with van der Waals surface area (Å²) in [6, 6.07) is -0.971. The normalized spacial score (nSPS) is 36.0. The molecule has 4 aliphatic heterocycles. The van der Waals surface area contributed by atoms with Crippen molar-refractivity contribution in [2.45, 2.75) is 77.2 Å². The molecular weight excluding hydrogens is 436 g/mol. The maximum Gasteiger partial charge on any atom is 0.313 e. The van der Waals surface area contributed by atoms with E-state index in [1.54, 1.807) is 6.92 Å². The Morgan fingerprint density at radius 3 is 2.41 bits per heavy atom. The van der Waals surface area contributed by atoms with E-state index < -0.39 is 40.6 Å². The van der Waals surface area contributed by atoms with E-state index in [0.29, 0.717) is 13.0 Å². The molecule has 8 heteroatoms. The number of likely N-dealkylation sites (tertiary alicyclic amines) is 1. The lowest BCUT2D eigenvalue weighted by atomic mass is 9.74. The Morgan fingerprint density at radius 2 is 1.76 bits per heavy atom. The van der Waals surface area contributed by atoms with Crippen LogP contribution in [-0.4, -0.2) is 81.8 Å². The van der Waals surface area contributed by atoms with Crippen molar-refractivity contribution >= 4 is 17.8 Å². The van der Waals surface area contributed by atoms with Crippen LogP contribution in [0.25, 0.3) is 0 Å². The molecule has 2 amide bonds. The van der Waals surface area contributed by atoms with Gasteiger partial charge in [0.05, 0.1) is 24.7 Å². The minimum Gasteiger partial charge on any atom is -0.465 e. The third kappa shape index (κ3) is 3.79. The van der Waals surface area contributed by atoms with E-state index in [4.69, 9.17) is 9.47 Å². The Balaban J connectivity index is 1.84.